The van der Waals surface area contributed by atoms with Crippen LogP contribution in [-0.2, 0) is 14.4 Å². The second-order valence-electron chi connectivity index (χ2n) is 0.946. The van der Waals surface area contributed by atoms with Crippen molar-refractivity contribution in [3.05, 3.63) is 12.3 Å². The maximum atomic E-state index is 10.2. The molecular formula is C4H6O4. The maximum absolute atomic E-state index is 10.2. The molecule has 0 fully saturated rings. The van der Waals surface area contributed by atoms with Crippen LogP contribution in [0.4, 0.5) is 0 Å². The standard InChI is InChI=1S/C4H6O4/c1-3(8-6)4(5)7-2/h6H,1H2,2H3/i2D. The van der Waals surface area contributed by atoms with Crippen LogP contribution in [0, 0.1) is 0 Å². The quantitative estimate of drug-likeness (QED) is 0.185. The Morgan fingerprint density at radius 2 is 2.62 bits per heavy atom. The minimum atomic E-state index is -0.938. The summed E-state index contributed by atoms with van der Waals surface area (Å²) in [7, 11) is -0.513. The topological polar surface area (TPSA) is 55.8 Å². The van der Waals surface area contributed by atoms with E-state index < -0.39 is 18.8 Å². The second kappa shape index (κ2) is 3.04. The smallest absolute Gasteiger partial charge is 0.376 e. The Hall–Kier alpha value is -1.03. The van der Waals surface area contributed by atoms with Crippen molar-refractivity contribution in [2.24, 2.45) is 0 Å². The molecule has 0 radical (unpaired) electrons. The van der Waals surface area contributed by atoms with Crippen molar-refractivity contribution < 1.29 is 21.0 Å². The average Bonchev–Trinajstić information content (AvgIpc) is 1.87. The van der Waals surface area contributed by atoms with Gasteiger partial charge in [0.15, 0.2) is 0 Å². The first-order valence-electron chi connectivity index (χ1n) is 2.39. The summed E-state index contributed by atoms with van der Waals surface area (Å²) >= 11 is 0. The van der Waals surface area contributed by atoms with E-state index in [0.29, 0.717) is 0 Å². The van der Waals surface area contributed by atoms with E-state index >= 15 is 0 Å². The van der Waals surface area contributed by atoms with Crippen LogP contribution in [0.15, 0.2) is 12.3 Å². The van der Waals surface area contributed by atoms with Gasteiger partial charge in [0.25, 0.3) is 0 Å². The highest BCUT2D eigenvalue weighted by Crippen LogP contribution is 1.90. The summed E-state index contributed by atoms with van der Waals surface area (Å²) in [5.41, 5.74) is 0. The van der Waals surface area contributed by atoms with Gasteiger partial charge in [-0.05, 0) is 6.58 Å². The van der Waals surface area contributed by atoms with E-state index in [-0.39, 0.29) is 0 Å². The van der Waals surface area contributed by atoms with Gasteiger partial charge in [0.05, 0.1) is 8.46 Å². The number of carbonyl (C=O) groups excluding carboxylic acids is 1. The van der Waals surface area contributed by atoms with Gasteiger partial charge in [0.1, 0.15) is 0 Å². The van der Waals surface area contributed by atoms with Crippen LogP contribution in [0.5, 0.6) is 0 Å². The molecule has 0 atom stereocenters. The normalized spacial score (nSPS) is 9.38. The zero-order chi connectivity index (χ0) is 7.28. The molecule has 4 nitrogen and oxygen atoms in total. The van der Waals surface area contributed by atoms with Crippen molar-refractivity contribution >= 4 is 5.97 Å². The van der Waals surface area contributed by atoms with Gasteiger partial charge < -0.3 is 9.62 Å². The number of carbonyl (C=O) groups is 1. The Kier molecular flexibility index (Phi) is 1.94. The predicted octanol–water partition coefficient (Wildman–Crippen LogP) is 0.163. The summed E-state index contributed by atoms with van der Waals surface area (Å²) in [5, 5.41) is 7.77. The molecule has 0 bridgehead atoms. The Balaban J connectivity index is 3.60. The summed E-state index contributed by atoms with van der Waals surface area (Å²) < 4.78 is 10.4. The number of hydrogen-bond donors (Lipinski definition) is 1. The number of ether oxygens (including phenoxy) is 1. The van der Waals surface area contributed by atoms with Crippen molar-refractivity contribution in [3.63, 3.8) is 0 Å². The Morgan fingerprint density at radius 1 is 2.00 bits per heavy atom. The van der Waals surface area contributed by atoms with Gasteiger partial charge in [0.2, 0.25) is 5.76 Å². The fourth-order valence-electron chi connectivity index (χ4n) is 0.118. The molecule has 46 valence electrons. The van der Waals surface area contributed by atoms with E-state index in [0.717, 1.165) is 0 Å². The molecule has 4 heteroatoms. The second-order valence-corrected chi connectivity index (χ2v) is 0.946. The highest BCUT2D eigenvalue weighted by molar-refractivity contribution is 5.85. The highest BCUT2D eigenvalue weighted by Gasteiger charge is 2.05. The molecule has 0 rings (SSSR count). The van der Waals surface area contributed by atoms with Crippen LogP contribution in [-0.4, -0.2) is 18.3 Å². The lowest BCUT2D eigenvalue weighted by atomic mass is 10.6. The van der Waals surface area contributed by atoms with Gasteiger partial charge in [-0.2, -0.15) is 0 Å². The van der Waals surface area contributed by atoms with Crippen LogP contribution in [0.2, 0.25) is 0 Å². The Labute approximate surface area is 47.7 Å². The third-order valence-corrected chi connectivity index (χ3v) is 0.469. The molecule has 0 aliphatic rings. The third-order valence-electron chi connectivity index (χ3n) is 0.469. The van der Waals surface area contributed by atoms with E-state index in [2.05, 4.69) is 16.2 Å². The molecule has 0 aromatic heterocycles. The molecule has 0 saturated heterocycles. The molecule has 0 aliphatic heterocycles. The summed E-state index contributed by atoms with van der Waals surface area (Å²) in [6.45, 7) is 2.96. The van der Waals surface area contributed by atoms with Crippen LogP contribution in [0.3, 0.4) is 0 Å². The van der Waals surface area contributed by atoms with E-state index in [9.17, 15) is 4.79 Å². The maximum Gasteiger partial charge on any atom is 0.376 e. The molecule has 0 heterocycles. The molecule has 0 saturated carbocycles. The monoisotopic (exact) mass is 119 g/mol. The van der Waals surface area contributed by atoms with Crippen molar-refractivity contribution in [3.8, 4) is 0 Å². The minimum absolute atomic E-state index is 0.513. The molecule has 0 spiro atoms. The SMILES string of the molecule is [2H]COC(=O)C(=C)OO. The molecule has 8 heavy (non-hydrogen) atoms. The molecular weight excluding hydrogens is 112 g/mol. The summed E-state index contributed by atoms with van der Waals surface area (Å²) in [6.07, 6.45) is 0. The zero-order valence-corrected chi connectivity index (χ0v) is 4.09. The van der Waals surface area contributed by atoms with E-state index in [1.807, 2.05) is 0 Å². The van der Waals surface area contributed by atoms with Crippen LogP contribution in [0.25, 0.3) is 0 Å². The van der Waals surface area contributed by atoms with Gasteiger partial charge in [-0.3, -0.25) is 0 Å². The molecule has 0 amide bonds. The van der Waals surface area contributed by atoms with E-state index in [1.165, 1.54) is 0 Å². The van der Waals surface area contributed by atoms with Gasteiger partial charge in [-0.15, -0.1) is 0 Å². The van der Waals surface area contributed by atoms with Crippen molar-refractivity contribution in [2.45, 2.75) is 0 Å². The number of esters is 1. The van der Waals surface area contributed by atoms with Crippen LogP contribution < -0.4 is 0 Å². The highest BCUT2D eigenvalue weighted by atomic mass is 17.1. The summed E-state index contributed by atoms with van der Waals surface area (Å²) in [6, 6.07) is 0. The zero-order valence-electron chi connectivity index (χ0n) is 5.09. The predicted molar refractivity (Wildman–Crippen MR) is 24.9 cm³/mol. The van der Waals surface area contributed by atoms with Crippen LogP contribution in [0.1, 0.15) is 1.37 Å². The minimum Gasteiger partial charge on any atom is -0.463 e. The van der Waals surface area contributed by atoms with Gasteiger partial charge in [0, 0.05) is 0 Å². The lowest BCUT2D eigenvalue weighted by Gasteiger charge is -1.95. The lowest BCUT2D eigenvalue weighted by Crippen LogP contribution is -2.04. The summed E-state index contributed by atoms with van der Waals surface area (Å²) in [4.78, 5) is 13.7. The first-order valence-corrected chi connectivity index (χ1v) is 1.69. The lowest BCUT2D eigenvalue weighted by molar-refractivity contribution is -0.210. The van der Waals surface area contributed by atoms with Crippen molar-refractivity contribution in [2.75, 3.05) is 7.09 Å². The number of methoxy groups -OCH3 is 1. The number of hydrogen-bond acceptors (Lipinski definition) is 4. The van der Waals surface area contributed by atoms with E-state index in [1.54, 1.807) is 0 Å². The largest absolute Gasteiger partial charge is 0.463 e. The molecule has 0 aromatic rings. The first kappa shape index (κ1) is 5.11. The summed E-state index contributed by atoms with van der Waals surface area (Å²) in [5.74, 6) is -1.46. The van der Waals surface area contributed by atoms with Crippen molar-refractivity contribution in [1.29, 1.82) is 0 Å². The van der Waals surface area contributed by atoms with Crippen molar-refractivity contribution in [1.82, 2.24) is 0 Å². The third kappa shape index (κ3) is 1.61. The average molecular weight is 119 g/mol. The fourth-order valence-corrected chi connectivity index (χ4v) is 0.118. The Bertz CT molecular complexity index is 122. The molecule has 1 N–H and O–H groups in total. The molecule has 0 aromatic carbocycles. The van der Waals surface area contributed by atoms with Crippen LogP contribution >= 0.6 is 0 Å². The van der Waals surface area contributed by atoms with Gasteiger partial charge in [-0.25, -0.2) is 10.1 Å². The number of rotatable bonds is 2. The van der Waals surface area contributed by atoms with Gasteiger partial charge in [-0.1, -0.05) is 0 Å². The molecule has 0 aliphatic carbocycles. The Morgan fingerprint density at radius 3 is 3.00 bits per heavy atom. The first-order chi connectivity index (χ1) is 4.22. The van der Waals surface area contributed by atoms with E-state index in [4.69, 9.17) is 6.63 Å². The van der Waals surface area contributed by atoms with Gasteiger partial charge >= 0.3 is 5.97 Å². The molecule has 0 unspecified atom stereocenters. The fraction of sp³-hybridized carbons (Fsp3) is 0.250.